The van der Waals surface area contributed by atoms with E-state index < -0.39 is 30.1 Å². The Balaban J connectivity index is 2.36. The van der Waals surface area contributed by atoms with Gasteiger partial charge in [-0.3, -0.25) is 14.9 Å². The number of carbonyl (C=O) groups excluding carboxylic acids is 1. The number of aryl methyl sites for hydroxylation is 1. The summed E-state index contributed by atoms with van der Waals surface area (Å²) in [5, 5.41) is 11.0. The highest BCUT2D eigenvalue weighted by Gasteiger charge is 2.35. The zero-order valence-electron chi connectivity index (χ0n) is 12.4. The number of rotatable bonds is 5. The maximum Gasteiger partial charge on any atom is 0.406 e. The molecule has 10 heteroatoms. The summed E-state index contributed by atoms with van der Waals surface area (Å²) in [4.78, 5) is 26.7. The van der Waals surface area contributed by atoms with Gasteiger partial charge in [0.2, 0.25) is 5.76 Å². The van der Waals surface area contributed by atoms with E-state index in [1.54, 1.807) is 0 Å². The van der Waals surface area contributed by atoms with Crippen LogP contribution in [0.25, 0.3) is 0 Å². The van der Waals surface area contributed by atoms with Gasteiger partial charge in [0, 0.05) is 11.6 Å². The molecular weight excluding hydrogens is 331 g/mol. The largest absolute Gasteiger partial charge is 0.438 e. The number of hydrogen-bond donors (Lipinski definition) is 0. The molecule has 0 atom stereocenters. The molecule has 24 heavy (non-hydrogen) atoms. The molecule has 1 aromatic heterocycles. The van der Waals surface area contributed by atoms with Crippen molar-refractivity contribution in [2.75, 3.05) is 6.54 Å². The van der Waals surface area contributed by atoms with Gasteiger partial charge in [-0.1, -0.05) is 18.2 Å². The van der Waals surface area contributed by atoms with E-state index in [2.05, 4.69) is 4.98 Å². The highest BCUT2D eigenvalue weighted by molar-refractivity contribution is 5.92. The van der Waals surface area contributed by atoms with Crippen molar-refractivity contribution >= 4 is 11.6 Å². The number of nitrogens with zero attached hydrogens (tertiary/aromatic N) is 3. The van der Waals surface area contributed by atoms with E-state index >= 15 is 0 Å². The topological polar surface area (TPSA) is 89.5 Å². The SMILES string of the molecule is Cc1ncoc1C(=O)N(Cc1ccccc1[N+](=O)[O-])CC(F)(F)F. The highest BCUT2D eigenvalue weighted by atomic mass is 19.4. The van der Waals surface area contributed by atoms with Gasteiger partial charge in [-0.05, 0) is 6.92 Å². The van der Waals surface area contributed by atoms with Crippen LogP contribution in [0.2, 0.25) is 0 Å². The first-order chi connectivity index (χ1) is 11.2. The molecule has 2 rings (SSSR count). The standard InChI is InChI=1S/C14H12F3N3O4/c1-9-12(24-8-18-9)13(21)19(7-14(15,16)17)6-10-4-2-3-5-11(10)20(22)23/h2-5,8H,6-7H2,1H3. The number of carbonyl (C=O) groups is 1. The van der Waals surface area contributed by atoms with E-state index in [0.29, 0.717) is 4.90 Å². The lowest BCUT2D eigenvalue weighted by atomic mass is 10.1. The fourth-order valence-corrected chi connectivity index (χ4v) is 2.09. The van der Waals surface area contributed by atoms with Crippen LogP contribution in [0.4, 0.5) is 18.9 Å². The molecule has 7 nitrogen and oxygen atoms in total. The van der Waals surface area contributed by atoms with Crippen LogP contribution in [-0.2, 0) is 6.54 Å². The van der Waals surface area contributed by atoms with Gasteiger partial charge in [-0.15, -0.1) is 0 Å². The number of benzene rings is 1. The van der Waals surface area contributed by atoms with Crippen LogP contribution in [0.5, 0.6) is 0 Å². The minimum absolute atomic E-state index is 0.0164. The fraction of sp³-hybridized carbons (Fsp3) is 0.286. The second-order valence-electron chi connectivity index (χ2n) is 4.93. The first-order valence-corrected chi connectivity index (χ1v) is 6.67. The van der Waals surface area contributed by atoms with Crippen LogP contribution in [0, 0.1) is 17.0 Å². The van der Waals surface area contributed by atoms with Crippen molar-refractivity contribution in [3.8, 4) is 0 Å². The molecule has 0 saturated carbocycles. The van der Waals surface area contributed by atoms with E-state index in [-0.39, 0.29) is 22.7 Å². The van der Waals surface area contributed by atoms with Gasteiger partial charge in [-0.2, -0.15) is 13.2 Å². The van der Waals surface area contributed by atoms with Crippen LogP contribution in [0.1, 0.15) is 21.8 Å². The van der Waals surface area contributed by atoms with Crippen LogP contribution < -0.4 is 0 Å². The highest BCUT2D eigenvalue weighted by Crippen LogP contribution is 2.24. The van der Waals surface area contributed by atoms with Crippen LogP contribution >= 0.6 is 0 Å². The molecule has 0 spiro atoms. The lowest BCUT2D eigenvalue weighted by Crippen LogP contribution is -2.38. The van der Waals surface area contributed by atoms with Crippen molar-refractivity contribution in [3.63, 3.8) is 0 Å². The first kappa shape index (κ1) is 17.4. The van der Waals surface area contributed by atoms with Crippen LogP contribution in [0.15, 0.2) is 35.1 Å². The van der Waals surface area contributed by atoms with Gasteiger partial charge in [0.1, 0.15) is 6.54 Å². The monoisotopic (exact) mass is 343 g/mol. The normalized spacial score (nSPS) is 11.3. The minimum atomic E-state index is -4.67. The molecule has 0 aliphatic rings. The maximum absolute atomic E-state index is 12.8. The van der Waals surface area contributed by atoms with Gasteiger partial charge in [0.15, 0.2) is 6.39 Å². The quantitative estimate of drug-likeness (QED) is 0.615. The van der Waals surface area contributed by atoms with Gasteiger partial charge in [-0.25, -0.2) is 4.98 Å². The Morgan fingerprint density at radius 3 is 2.58 bits per heavy atom. The molecule has 0 aliphatic heterocycles. The number of oxazole rings is 1. The Morgan fingerprint density at radius 2 is 2.04 bits per heavy atom. The summed E-state index contributed by atoms with van der Waals surface area (Å²) in [7, 11) is 0. The molecule has 128 valence electrons. The van der Waals surface area contributed by atoms with Gasteiger partial charge in [0.25, 0.3) is 11.6 Å². The minimum Gasteiger partial charge on any atom is -0.438 e. The molecule has 1 amide bonds. The van der Waals surface area contributed by atoms with Crippen molar-refractivity contribution in [3.05, 3.63) is 57.8 Å². The number of para-hydroxylation sites is 1. The number of alkyl halides is 3. The first-order valence-electron chi connectivity index (χ1n) is 6.67. The third-order valence-corrected chi connectivity index (χ3v) is 3.15. The van der Waals surface area contributed by atoms with Gasteiger partial charge in [0.05, 0.1) is 17.2 Å². The van der Waals surface area contributed by atoms with Crippen LogP contribution in [-0.4, -0.2) is 33.4 Å². The molecular formula is C14H12F3N3O4. The van der Waals surface area contributed by atoms with Crippen molar-refractivity contribution in [1.29, 1.82) is 0 Å². The Labute approximate surface area is 133 Å². The summed E-state index contributed by atoms with van der Waals surface area (Å²) < 4.78 is 43.2. The number of halogens is 3. The van der Waals surface area contributed by atoms with Crippen molar-refractivity contribution in [2.45, 2.75) is 19.6 Å². The average Bonchev–Trinajstić information content (AvgIpc) is 2.91. The number of amides is 1. The zero-order valence-corrected chi connectivity index (χ0v) is 12.4. The Kier molecular flexibility index (Phi) is 4.86. The third kappa shape index (κ3) is 4.09. The molecule has 0 N–H and O–H groups in total. The molecule has 0 unspecified atom stereocenters. The number of hydrogen-bond acceptors (Lipinski definition) is 5. The predicted octanol–water partition coefficient (Wildman–Crippen LogP) is 3.10. The summed E-state index contributed by atoms with van der Waals surface area (Å²) in [6.45, 7) is -0.749. The maximum atomic E-state index is 12.8. The smallest absolute Gasteiger partial charge is 0.406 e. The summed E-state index contributed by atoms with van der Waals surface area (Å²) in [5.41, 5.74) is -0.251. The summed E-state index contributed by atoms with van der Waals surface area (Å²) in [5.74, 6) is -1.38. The molecule has 1 heterocycles. The van der Waals surface area contributed by atoms with E-state index in [1.807, 2.05) is 0 Å². The van der Waals surface area contributed by atoms with E-state index in [9.17, 15) is 28.1 Å². The molecule has 0 bridgehead atoms. The Bertz CT molecular complexity index is 758. The summed E-state index contributed by atoms with van der Waals surface area (Å²) in [6, 6.07) is 5.28. The number of nitro benzene ring substituents is 1. The second-order valence-corrected chi connectivity index (χ2v) is 4.93. The van der Waals surface area contributed by atoms with E-state index in [4.69, 9.17) is 4.42 Å². The van der Waals surface area contributed by atoms with E-state index in [0.717, 1.165) is 12.5 Å². The lowest BCUT2D eigenvalue weighted by molar-refractivity contribution is -0.385. The fourth-order valence-electron chi connectivity index (χ4n) is 2.09. The molecule has 0 saturated heterocycles. The van der Waals surface area contributed by atoms with Crippen LogP contribution in [0.3, 0.4) is 0 Å². The molecule has 0 aliphatic carbocycles. The molecule has 0 radical (unpaired) electrons. The number of nitro groups is 1. The second kappa shape index (κ2) is 6.69. The van der Waals surface area contributed by atoms with Crippen molar-refractivity contribution in [1.82, 2.24) is 9.88 Å². The predicted molar refractivity (Wildman–Crippen MR) is 75.1 cm³/mol. The van der Waals surface area contributed by atoms with Crippen molar-refractivity contribution < 1.29 is 27.3 Å². The molecule has 2 aromatic rings. The lowest BCUT2D eigenvalue weighted by Gasteiger charge is -2.23. The average molecular weight is 343 g/mol. The summed E-state index contributed by atoms with van der Waals surface area (Å²) >= 11 is 0. The van der Waals surface area contributed by atoms with Crippen molar-refractivity contribution in [2.24, 2.45) is 0 Å². The molecule has 1 aromatic carbocycles. The van der Waals surface area contributed by atoms with Gasteiger partial charge >= 0.3 is 6.18 Å². The summed E-state index contributed by atoms with van der Waals surface area (Å²) in [6.07, 6.45) is -3.73. The number of aromatic nitrogens is 1. The van der Waals surface area contributed by atoms with E-state index in [1.165, 1.54) is 25.1 Å². The Morgan fingerprint density at radius 1 is 1.38 bits per heavy atom. The third-order valence-electron chi connectivity index (χ3n) is 3.15. The zero-order chi connectivity index (χ0) is 17.9. The van der Waals surface area contributed by atoms with Gasteiger partial charge < -0.3 is 9.32 Å². The Hall–Kier alpha value is -2.91. The molecule has 0 fully saturated rings.